The van der Waals surface area contributed by atoms with Gasteiger partial charge in [0.2, 0.25) is 0 Å². The van der Waals surface area contributed by atoms with E-state index in [1.807, 2.05) is 20.8 Å². The van der Waals surface area contributed by atoms with E-state index in [0.717, 1.165) is 6.07 Å². The quantitative estimate of drug-likeness (QED) is 0.801. The minimum absolute atomic E-state index is 0.0985. The first-order valence-electron chi connectivity index (χ1n) is 7.68. The molecule has 1 unspecified atom stereocenters. The van der Waals surface area contributed by atoms with Crippen LogP contribution in [0, 0.1) is 11.6 Å². The summed E-state index contributed by atoms with van der Waals surface area (Å²) >= 11 is 0. The Bertz CT molecular complexity index is 566. The van der Waals surface area contributed by atoms with Gasteiger partial charge in [-0.05, 0) is 50.8 Å². The van der Waals surface area contributed by atoms with E-state index < -0.39 is 11.6 Å². The van der Waals surface area contributed by atoms with Crippen LogP contribution in [0.4, 0.5) is 8.78 Å². The van der Waals surface area contributed by atoms with Gasteiger partial charge in [0.25, 0.3) is 5.91 Å². The van der Waals surface area contributed by atoms with E-state index >= 15 is 0 Å². The van der Waals surface area contributed by atoms with Crippen LogP contribution in [-0.4, -0.2) is 48.2 Å². The number of hydroxylamine groups is 2. The summed E-state index contributed by atoms with van der Waals surface area (Å²) in [6.07, 6.45) is 0.507. The molecule has 1 heterocycles. The Hall–Kier alpha value is -1.53. The molecule has 23 heavy (non-hydrogen) atoms. The summed E-state index contributed by atoms with van der Waals surface area (Å²) in [4.78, 5) is 19.6. The molecule has 1 aliphatic heterocycles. The third-order valence-corrected chi connectivity index (χ3v) is 4.39. The smallest absolute Gasteiger partial charge is 0.263 e. The Morgan fingerprint density at radius 3 is 2.30 bits per heavy atom. The van der Waals surface area contributed by atoms with Crippen LogP contribution in [0.5, 0.6) is 0 Å². The Balaban J connectivity index is 2.31. The van der Waals surface area contributed by atoms with E-state index in [9.17, 15) is 13.6 Å². The first kappa shape index (κ1) is 17.8. The van der Waals surface area contributed by atoms with E-state index in [1.165, 1.54) is 24.3 Å². The third-order valence-electron chi connectivity index (χ3n) is 4.39. The van der Waals surface area contributed by atoms with Crippen LogP contribution in [-0.2, 0) is 9.63 Å². The maximum absolute atomic E-state index is 13.5. The highest BCUT2D eigenvalue weighted by Gasteiger charge is 2.43. The summed E-state index contributed by atoms with van der Waals surface area (Å²) < 4.78 is 27.0. The molecule has 4 nitrogen and oxygen atoms in total. The predicted molar refractivity (Wildman–Crippen MR) is 83.7 cm³/mol. The maximum atomic E-state index is 13.5. The number of halogens is 2. The topological polar surface area (TPSA) is 32.8 Å². The van der Waals surface area contributed by atoms with E-state index in [4.69, 9.17) is 4.84 Å². The number of carbonyl (C=O) groups excluding carboxylic acids is 1. The summed E-state index contributed by atoms with van der Waals surface area (Å²) in [5, 5.41) is 1.21. The molecule has 0 aromatic heterocycles. The molecule has 6 heteroatoms. The molecule has 0 spiro atoms. The van der Waals surface area contributed by atoms with Crippen molar-refractivity contribution in [3.8, 4) is 0 Å². The van der Waals surface area contributed by atoms with Crippen LogP contribution in [0.3, 0.4) is 0 Å². The van der Waals surface area contributed by atoms with Gasteiger partial charge in [-0.2, -0.15) is 0 Å². The average molecular weight is 326 g/mol. The second kappa shape index (κ2) is 6.53. The molecule has 0 aliphatic carbocycles. The molecule has 1 amide bonds. The molecule has 2 rings (SSSR count). The second-order valence-electron chi connectivity index (χ2n) is 6.99. The normalized spacial score (nSPS) is 22.4. The fourth-order valence-electron chi connectivity index (χ4n) is 3.16. The summed E-state index contributed by atoms with van der Waals surface area (Å²) in [6, 6.07) is 3.18. The van der Waals surface area contributed by atoms with Crippen molar-refractivity contribution in [2.24, 2.45) is 0 Å². The van der Waals surface area contributed by atoms with E-state index in [-0.39, 0.29) is 23.4 Å². The molecule has 0 saturated carbocycles. The summed E-state index contributed by atoms with van der Waals surface area (Å²) in [6.45, 7) is 6.64. The van der Waals surface area contributed by atoms with Crippen LogP contribution < -0.4 is 0 Å². The predicted octanol–water partition coefficient (Wildman–Crippen LogP) is 2.94. The lowest BCUT2D eigenvalue weighted by atomic mass is 9.96. The lowest BCUT2D eigenvalue weighted by Gasteiger charge is -2.37. The molecule has 1 aromatic rings. The molecule has 1 aromatic carbocycles. The van der Waals surface area contributed by atoms with Gasteiger partial charge in [-0.3, -0.25) is 14.5 Å². The molecule has 2 atom stereocenters. The Labute approximate surface area is 136 Å². The molecule has 1 fully saturated rings. The van der Waals surface area contributed by atoms with Crippen LogP contribution in [0.1, 0.15) is 38.7 Å². The van der Waals surface area contributed by atoms with Gasteiger partial charge in [0, 0.05) is 25.2 Å². The lowest BCUT2D eigenvalue weighted by Crippen LogP contribution is -2.51. The summed E-state index contributed by atoms with van der Waals surface area (Å²) in [7, 11) is 3.01. The zero-order chi connectivity index (χ0) is 17.4. The van der Waals surface area contributed by atoms with Crippen molar-refractivity contribution in [3.63, 3.8) is 0 Å². The van der Waals surface area contributed by atoms with E-state index in [1.54, 1.807) is 7.05 Å². The fourth-order valence-corrected chi connectivity index (χ4v) is 3.16. The van der Waals surface area contributed by atoms with Gasteiger partial charge in [-0.15, -0.1) is 0 Å². The molecule has 1 aliphatic rings. The lowest BCUT2D eigenvalue weighted by molar-refractivity contribution is -0.175. The van der Waals surface area contributed by atoms with Gasteiger partial charge in [0.15, 0.2) is 0 Å². The van der Waals surface area contributed by atoms with Crippen molar-refractivity contribution in [3.05, 3.63) is 35.4 Å². The number of likely N-dealkylation sites (N-methyl/N-ethyl adjacent to an activating group) is 1. The fraction of sp³-hybridized carbons (Fsp3) is 0.588. The first-order valence-corrected chi connectivity index (χ1v) is 7.68. The van der Waals surface area contributed by atoms with Crippen molar-refractivity contribution in [1.82, 2.24) is 9.96 Å². The van der Waals surface area contributed by atoms with E-state index in [2.05, 4.69) is 4.90 Å². The second-order valence-corrected chi connectivity index (χ2v) is 6.99. The van der Waals surface area contributed by atoms with Gasteiger partial charge in [-0.1, -0.05) is 0 Å². The third kappa shape index (κ3) is 3.87. The molecule has 0 radical (unpaired) electrons. The van der Waals surface area contributed by atoms with Crippen molar-refractivity contribution >= 4 is 5.91 Å². The highest BCUT2D eigenvalue weighted by atomic mass is 19.1. The number of likely N-dealkylation sites (tertiary alicyclic amines) is 1. The minimum atomic E-state index is -0.592. The van der Waals surface area contributed by atoms with Crippen molar-refractivity contribution in [2.45, 2.75) is 44.7 Å². The molecule has 0 N–H and O–H groups in total. The zero-order valence-corrected chi connectivity index (χ0v) is 14.3. The molecule has 1 saturated heterocycles. The highest BCUT2D eigenvalue weighted by Crippen LogP contribution is 2.37. The largest absolute Gasteiger partial charge is 0.286 e. The molecule has 128 valence electrons. The molecular weight excluding hydrogens is 302 g/mol. The van der Waals surface area contributed by atoms with Crippen molar-refractivity contribution in [1.29, 1.82) is 0 Å². The SMILES string of the molecule is CON(C)C(=O)C1C[C@@H](c2cc(F)cc(F)c2)CN1C(C)(C)C. The Kier molecular flexibility index (Phi) is 5.06. The number of hydrogen-bond acceptors (Lipinski definition) is 3. The molecule has 0 bridgehead atoms. The Morgan fingerprint density at radius 1 is 1.26 bits per heavy atom. The summed E-state index contributed by atoms with van der Waals surface area (Å²) in [5.74, 6) is -1.43. The zero-order valence-electron chi connectivity index (χ0n) is 14.3. The minimum Gasteiger partial charge on any atom is -0.286 e. The van der Waals surface area contributed by atoms with Gasteiger partial charge < -0.3 is 0 Å². The molecular formula is C17H24F2N2O2. The van der Waals surface area contributed by atoms with Crippen molar-refractivity contribution in [2.75, 3.05) is 20.7 Å². The maximum Gasteiger partial charge on any atom is 0.263 e. The van der Waals surface area contributed by atoms with Crippen LogP contribution in [0.2, 0.25) is 0 Å². The average Bonchev–Trinajstić information content (AvgIpc) is 2.89. The Morgan fingerprint density at radius 2 is 1.83 bits per heavy atom. The van der Waals surface area contributed by atoms with Crippen LogP contribution >= 0.6 is 0 Å². The van der Waals surface area contributed by atoms with Gasteiger partial charge in [0.05, 0.1) is 13.2 Å². The van der Waals surface area contributed by atoms with Gasteiger partial charge in [0.1, 0.15) is 11.6 Å². The highest BCUT2D eigenvalue weighted by molar-refractivity contribution is 5.81. The van der Waals surface area contributed by atoms with Gasteiger partial charge in [-0.25, -0.2) is 13.8 Å². The standard InChI is InChI=1S/C17H24F2N2O2/c1-17(2,3)21-10-12(8-15(21)16(22)20(4)23-5)11-6-13(18)9-14(19)7-11/h6-7,9,12,15H,8,10H2,1-5H3/t12-,15?/m1/s1. The van der Waals surface area contributed by atoms with Crippen LogP contribution in [0.25, 0.3) is 0 Å². The van der Waals surface area contributed by atoms with E-state index in [0.29, 0.717) is 18.5 Å². The summed E-state index contributed by atoms with van der Waals surface area (Å²) in [5.41, 5.74) is 0.349. The van der Waals surface area contributed by atoms with Gasteiger partial charge >= 0.3 is 0 Å². The number of rotatable bonds is 3. The number of carbonyl (C=O) groups is 1. The monoisotopic (exact) mass is 326 g/mol. The number of hydrogen-bond donors (Lipinski definition) is 0. The number of benzene rings is 1. The number of amides is 1. The van der Waals surface area contributed by atoms with Crippen molar-refractivity contribution < 1.29 is 18.4 Å². The first-order chi connectivity index (χ1) is 10.6. The number of nitrogens with zero attached hydrogens (tertiary/aromatic N) is 2. The van der Waals surface area contributed by atoms with Crippen LogP contribution in [0.15, 0.2) is 18.2 Å².